The van der Waals surface area contributed by atoms with Crippen LogP contribution in [0.3, 0.4) is 0 Å². The lowest BCUT2D eigenvalue weighted by atomic mass is 10.0. The highest BCUT2D eigenvalue weighted by Crippen LogP contribution is 2.29. The van der Waals surface area contributed by atoms with Gasteiger partial charge >= 0.3 is 12.1 Å². The number of alkyl halides is 3. The number of halogens is 3. The van der Waals surface area contributed by atoms with Gasteiger partial charge in [-0.15, -0.1) is 0 Å². The fraction of sp³-hybridized carbons (Fsp3) is 0.231. The van der Waals surface area contributed by atoms with Crippen molar-refractivity contribution in [2.75, 3.05) is 7.11 Å². The van der Waals surface area contributed by atoms with E-state index < -0.39 is 29.7 Å². The largest absolute Gasteiger partial charge is 0.489 e. The number of ether oxygens (including phenoxy) is 2. The van der Waals surface area contributed by atoms with Crippen LogP contribution in [-0.2, 0) is 40.0 Å². The molecule has 0 aliphatic rings. The number of hydrogen-bond donors (Lipinski definition) is 1. The maximum Gasteiger partial charge on any atom is 0.416 e. The molecule has 3 aromatic carbocycles. The molecule has 8 heteroatoms. The van der Waals surface area contributed by atoms with Crippen LogP contribution in [0.15, 0.2) is 78.9 Å². The predicted molar refractivity (Wildman–Crippen MR) is 120 cm³/mol. The van der Waals surface area contributed by atoms with Gasteiger partial charge in [-0.2, -0.15) is 13.2 Å². The molecular weight excluding hydrogens is 447 g/mol. The number of amides is 1. The Hall–Kier alpha value is -3.81. The number of methoxy groups -OCH3 is 1. The molecule has 1 amide bonds. The summed E-state index contributed by atoms with van der Waals surface area (Å²) in [5.41, 5.74) is 1.07. The summed E-state index contributed by atoms with van der Waals surface area (Å²) in [4.78, 5) is 24.8. The minimum absolute atomic E-state index is 0.129. The third-order valence-corrected chi connectivity index (χ3v) is 5.03. The first kappa shape index (κ1) is 24.8. The smallest absolute Gasteiger partial charge is 0.416 e. The number of rotatable bonds is 9. The van der Waals surface area contributed by atoms with Crippen molar-refractivity contribution in [2.24, 2.45) is 0 Å². The highest BCUT2D eigenvalue weighted by Gasteiger charge is 2.30. The van der Waals surface area contributed by atoms with Crippen LogP contribution < -0.4 is 10.1 Å². The molecule has 3 aromatic rings. The van der Waals surface area contributed by atoms with Gasteiger partial charge in [0.05, 0.1) is 19.1 Å². The summed E-state index contributed by atoms with van der Waals surface area (Å²) in [6, 6.07) is 20.2. The SMILES string of the molecule is COC(=O)[C@@H](Cc1cccc(OCc2ccccc2)c1)NC(=O)Cc1cccc(C(F)(F)F)c1. The summed E-state index contributed by atoms with van der Waals surface area (Å²) >= 11 is 0. The van der Waals surface area contributed by atoms with E-state index in [9.17, 15) is 22.8 Å². The zero-order valence-corrected chi connectivity index (χ0v) is 18.5. The molecule has 1 N–H and O–H groups in total. The monoisotopic (exact) mass is 471 g/mol. The molecule has 34 heavy (non-hydrogen) atoms. The van der Waals surface area contributed by atoms with Gasteiger partial charge in [-0.3, -0.25) is 4.79 Å². The Bertz CT molecular complexity index is 1120. The highest BCUT2D eigenvalue weighted by molar-refractivity contribution is 5.85. The van der Waals surface area contributed by atoms with Gasteiger partial charge in [0.1, 0.15) is 18.4 Å². The fourth-order valence-corrected chi connectivity index (χ4v) is 3.36. The van der Waals surface area contributed by atoms with Crippen LogP contribution in [-0.4, -0.2) is 25.0 Å². The quantitative estimate of drug-likeness (QED) is 0.459. The molecule has 0 bridgehead atoms. The first-order chi connectivity index (χ1) is 16.2. The van der Waals surface area contributed by atoms with E-state index in [4.69, 9.17) is 9.47 Å². The van der Waals surface area contributed by atoms with Gasteiger partial charge in [-0.1, -0.05) is 60.7 Å². The summed E-state index contributed by atoms with van der Waals surface area (Å²) in [6.45, 7) is 0.373. The highest BCUT2D eigenvalue weighted by atomic mass is 19.4. The summed E-state index contributed by atoms with van der Waals surface area (Å²) in [7, 11) is 1.20. The van der Waals surface area contributed by atoms with Crippen molar-refractivity contribution in [2.45, 2.75) is 31.7 Å². The van der Waals surface area contributed by atoms with Crippen LogP contribution in [0.4, 0.5) is 13.2 Å². The Kier molecular flexibility index (Phi) is 8.29. The zero-order chi connectivity index (χ0) is 24.6. The van der Waals surface area contributed by atoms with Crippen LogP contribution in [0.1, 0.15) is 22.3 Å². The van der Waals surface area contributed by atoms with E-state index in [2.05, 4.69) is 5.32 Å². The van der Waals surface area contributed by atoms with Crippen molar-refractivity contribution < 1.29 is 32.2 Å². The number of hydrogen-bond acceptors (Lipinski definition) is 4. The molecule has 0 unspecified atom stereocenters. The minimum atomic E-state index is -4.51. The zero-order valence-electron chi connectivity index (χ0n) is 18.5. The molecule has 0 radical (unpaired) electrons. The van der Waals surface area contributed by atoms with Crippen molar-refractivity contribution in [3.05, 3.63) is 101 Å². The van der Waals surface area contributed by atoms with Gasteiger partial charge in [0.15, 0.2) is 0 Å². The number of benzene rings is 3. The molecule has 0 saturated carbocycles. The molecular formula is C26H24F3NO4. The summed E-state index contributed by atoms with van der Waals surface area (Å²) in [5, 5.41) is 2.56. The van der Waals surface area contributed by atoms with Gasteiger partial charge in [0.2, 0.25) is 5.91 Å². The van der Waals surface area contributed by atoms with Gasteiger partial charge in [-0.25, -0.2) is 4.79 Å². The molecule has 0 fully saturated rings. The molecule has 178 valence electrons. The number of carbonyl (C=O) groups is 2. The Balaban J connectivity index is 1.65. The molecule has 0 aromatic heterocycles. The molecule has 0 spiro atoms. The first-order valence-corrected chi connectivity index (χ1v) is 10.5. The van der Waals surface area contributed by atoms with Gasteiger partial charge in [0.25, 0.3) is 0 Å². The third kappa shape index (κ3) is 7.37. The molecule has 0 saturated heterocycles. The number of esters is 1. The van der Waals surface area contributed by atoms with Crippen molar-refractivity contribution in [3.63, 3.8) is 0 Å². The normalized spacial score (nSPS) is 12.0. The lowest BCUT2D eigenvalue weighted by Gasteiger charge is -2.17. The Morgan fingerprint density at radius 1 is 0.882 bits per heavy atom. The average Bonchev–Trinajstić information content (AvgIpc) is 2.82. The fourth-order valence-electron chi connectivity index (χ4n) is 3.36. The van der Waals surface area contributed by atoms with Crippen LogP contribution >= 0.6 is 0 Å². The van der Waals surface area contributed by atoms with Crippen molar-refractivity contribution >= 4 is 11.9 Å². The van der Waals surface area contributed by atoms with E-state index in [-0.39, 0.29) is 18.4 Å². The van der Waals surface area contributed by atoms with Gasteiger partial charge in [-0.05, 0) is 34.9 Å². The van der Waals surface area contributed by atoms with E-state index in [1.165, 1.54) is 19.2 Å². The molecule has 1 atom stereocenters. The minimum Gasteiger partial charge on any atom is -0.489 e. The van der Waals surface area contributed by atoms with E-state index in [1.807, 2.05) is 30.3 Å². The first-order valence-electron chi connectivity index (χ1n) is 10.5. The second-order valence-electron chi connectivity index (χ2n) is 7.64. The van der Waals surface area contributed by atoms with E-state index in [0.717, 1.165) is 23.3 Å². The van der Waals surface area contributed by atoms with Gasteiger partial charge < -0.3 is 14.8 Å². The summed E-state index contributed by atoms with van der Waals surface area (Å²) in [5.74, 6) is -0.653. The summed E-state index contributed by atoms with van der Waals surface area (Å²) < 4.78 is 49.4. The van der Waals surface area contributed by atoms with Crippen molar-refractivity contribution in [1.29, 1.82) is 0 Å². The Morgan fingerprint density at radius 2 is 1.56 bits per heavy atom. The van der Waals surface area contributed by atoms with Crippen LogP contribution in [0, 0.1) is 0 Å². The van der Waals surface area contributed by atoms with Crippen molar-refractivity contribution in [1.82, 2.24) is 5.32 Å². The molecule has 0 aliphatic carbocycles. The topological polar surface area (TPSA) is 64.6 Å². The standard InChI is InChI=1S/C26H24F3NO4/c1-33-25(32)23(30-24(31)16-19-9-5-11-21(13-19)26(27,28)29)15-20-10-6-12-22(14-20)34-17-18-7-3-2-4-8-18/h2-14,23H,15-17H2,1H3,(H,30,31)/t23-/m1/s1. The number of nitrogens with one attached hydrogen (secondary N) is 1. The second-order valence-corrected chi connectivity index (χ2v) is 7.64. The van der Waals surface area contributed by atoms with Crippen LogP contribution in [0.25, 0.3) is 0 Å². The van der Waals surface area contributed by atoms with E-state index in [0.29, 0.717) is 12.4 Å². The molecule has 3 rings (SSSR count). The average molecular weight is 471 g/mol. The lowest BCUT2D eigenvalue weighted by molar-refractivity contribution is -0.145. The second kappa shape index (κ2) is 11.4. The van der Waals surface area contributed by atoms with Crippen molar-refractivity contribution in [3.8, 4) is 5.75 Å². The van der Waals surface area contributed by atoms with Crippen LogP contribution in [0.5, 0.6) is 5.75 Å². The Morgan fingerprint density at radius 3 is 2.26 bits per heavy atom. The molecule has 0 heterocycles. The summed E-state index contributed by atoms with van der Waals surface area (Å²) in [6.07, 6.45) is -4.68. The predicted octanol–water partition coefficient (Wildman–Crippen LogP) is 4.73. The molecule has 5 nitrogen and oxygen atoms in total. The Labute approximate surface area is 195 Å². The van der Waals surface area contributed by atoms with Crippen LogP contribution in [0.2, 0.25) is 0 Å². The maximum absolute atomic E-state index is 12.9. The third-order valence-electron chi connectivity index (χ3n) is 5.03. The van der Waals surface area contributed by atoms with E-state index >= 15 is 0 Å². The molecule has 0 aliphatic heterocycles. The lowest BCUT2D eigenvalue weighted by Crippen LogP contribution is -2.43. The maximum atomic E-state index is 12.9. The van der Waals surface area contributed by atoms with E-state index in [1.54, 1.807) is 24.3 Å². The number of carbonyl (C=O) groups excluding carboxylic acids is 2. The van der Waals surface area contributed by atoms with Gasteiger partial charge in [0, 0.05) is 6.42 Å².